The number of aryl methyl sites for hydroxylation is 1. The predicted octanol–water partition coefficient (Wildman–Crippen LogP) is 3.09. The minimum atomic E-state index is 0.566. The van der Waals surface area contributed by atoms with Gasteiger partial charge < -0.3 is 10.2 Å². The Kier molecular flexibility index (Phi) is 2.30. The van der Waals surface area contributed by atoms with E-state index in [2.05, 4.69) is 9.97 Å². The van der Waals surface area contributed by atoms with Crippen molar-refractivity contribution in [1.29, 1.82) is 0 Å². The number of oxazole rings is 1. The lowest BCUT2D eigenvalue weighted by molar-refractivity contribution is 0.619. The summed E-state index contributed by atoms with van der Waals surface area (Å²) in [6, 6.07) is 7.51. The summed E-state index contributed by atoms with van der Waals surface area (Å²) in [6.07, 6.45) is 1.70. The van der Waals surface area contributed by atoms with Gasteiger partial charge in [0, 0.05) is 17.4 Å². The highest BCUT2D eigenvalue weighted by atomic mass is 16.3. The van der Waals surface area contributed by atoms with E-state index >= 15 is 0 Å². The molecule has 0 bridgehead atoms. The van der Waals surface area contributed by atoms with E-state index in [9.17, 15) is 0 Å². The molecule has 0 aliphatic heterocycles. The van der Waals surface area contributed by atoms with Gasteiger partial charge in [-0.25, -0.2) is 4.98 Å². The van der Waals surface area contributed by atoms with Crippen LogP contribution in [0.4, 0.5) is 5.69 Å². The average molecular weight is 239 g/mol. The van der Waals surface area contributed by atoms with Crippen LogP contribution < -0.4 is 5.73 Å². The van der Waals surface area contributed by atoms with E-state index in [1.165, 1.54) is 0 Å². The summed E-state index contributed by atoms with van der Waals surface area (Å²) < 4.78 is 5.72. The molecule has 4 heteroatoms. The molecule has 90 valence electrons. The van der Waals surface area contributed by atoms with E-state index in [1.54, 1.807) is 6.20 Å². The van der Waals surface area contributed by atoms with Crippen molar-refractivity contribution in [2.24, 2.45) is 0 Å². The molecule has 2 heterocycles. The first-order valence-electron chi connectivity index (χ1n) is 5.74. The molecule has 18 heavy (non-hydrogen) atoms. The molecule has 0 atom stereocenters. The Balaban J connectivity index is 2.26. The van der Waals surface area contributed by atoms with Gasteiger partial charge >= 0.3 is 0 Å². The van der Waals surface area contributed by atoms with Gasteiger partial charge in [0.1, 0.15) is 0 Å². The van der Waals surface area contributed by atoms with E-state index in [4.69, 9.17) is 10.2 Å². The van der Waals surface area contributed by atoms with Gasteiger partial charge in [-0.1, -0.05) is 0 Å². The smallest absolute Gasteiger partial charge is 0.229 e. The van der Waals surface area contributed by atoms with Gasteiger partial charge in [0.05, 0.1) is 0 Å². The summed E-state index contributed by atoms with van der Waals surface area (Å²) in [6.45, 7) is 4.06. The van der Waals surface area contributed by atoms with Crippen molar-refractivity contribution >= 4 is 16.9 Å². The Morgan fingerprint density at radius 3 is 2.83 bits per heavy atom. The van der Waals surface area contributed by atoms with Gasteiger partial charge in [0.25, 0.3) is 0 Å². The van der Waals surface area contributed by atoms with Crippen LogP contribution in [0.3, 0.4) is 0 Å². The van der Waals surface area contributed by atoms with Crippen molar-refractivity contribution in [1.82, 2.24) is 9.97 Å². The van der Waals surface area contributed by atoms with Crippen molar-refractivity contribution in [3.63, 3.8) is 0 Å². The third-order valence-corrected chi connectivity index (χ3v) is 3.09. The first-order valence-corrected chi connectivity index (χ1v) is 5.74. The van der Waals surface area contributed by atoms with Gasteiger partial charge in [0.15, 0.2) is 11.2 Å². The summed E-state index contributed by atoms with van der Waals surface area (Å²) in [5.74, 6) is 0.566. The second-order valence-corrected chi connectivity index (χ2v) is 4.35. The Morgan fingerprint density at radius 1 is 1.22 bits per heavy atom. The van der Waals surface area contributed by atoms with E-state index in [1.807, 2.05) is 38.1 Å². The number of nitrogens with two attached hydrogens (primary N) is 1. The number of pyridine rings is 1. The number of fused-ring (bicyclic) bond motifs is 1. The standard InChI is InChI=1S/C14H13N3O/c1-8-6-10(15)7-11(9(8)2)14-17-13-12(18-14)4-3-5-16-13/h3-7H,15H2,1-2H3. The van der Waals surface area contributed by atoms with Crippen molar-refractivity contribution in [3.8, 4) is 11.5 Å². The highest BCUT2D eigenvalue weighted by Gasteiger charge is 2.12. The monoisotopic (exact) mass is 239 g/mol. The molecule has 0 spiro atoms. The summed E-state index contributed by atoms with van der Waals surface area (Å²) in [5.41, 5.74) is 11.1. The Morgan fingerprint density at radius 2 is 2.06 bits per heavy atom. The molecule has 3 aromatic rings. The molecule has 2 aromatic heterocycles. The molecular formula is C14H13N3O. The summed E-state index contributed by atoms with van der Waals surface area (Å²) in [7, 11) is 0. The van der Waals surface area contributed by atoms with Crippen molar-refractivity contribution in [2.75, 3.05) is 5.73 Å². The van der Waals surface area contributed by atoms with Crippen LogP contribution in [-0.4, -0.2) is 9.97 Å². The molecule has 0 aliphatic carbocycles. The summed E-state index contributed by atoms with van der Waals surface area (Å²) in [4.78, 5) is 8.56. The molecular weight excluding hydrogens is 226 g/mol. The van der Waals surface area contributed by atoms with Crippen LogP contribution in [0.5, 0.6) is 0 Å². The molecule has 1 aromatic carbocycles. The predicted molar refractivity (Wildman–Crippen MR) is 71.1 cm³/mol. The average Bonchev–Trinajstić information content (AvgIpc) is 2.77. The second-order valence-electron chi connectivity index (χ2n) is 4.35. The maximum absolute atomic E-state index is 5.87. The van der Waals surface area contributed by atoms with Crippen molar-refractivity contribution in [2.45, 2.75) is 13.8 Å². The van der Waals surface area contributed by atoms with Crippen LogP contribution in [0.15, 0.2) is 34.9 Å². The highest BCUT2D eigenvalue weighted by Crippen LogP contribution is 2.29. The zero-order chi connectivity index (χ0) is 12.7. The van der Waals surface area contributed by atoms with E-state index in [0.29, 0.717) is 22.8 Å². The van der Waals surface area contributed by atoms with Gasteiger partial charge in [0.2, 0.25) is 5.89 Å². The molecule has 0 aliphatic rings. The topological polar surface area (TPSA) is 64.9 Å². The normalized spacial score (nSPS) is 11.0. The Labute approximate surface area is 104 Å². The fourth-order valence-electron chi connectivity index (χ4n) is 1.99. The summed E-state index contributed by atoms with van der Waals surface area (Å²) in [5, 5.41) is 0. The third-order valence-electron chi connectivity index (χ3n) is 3.09. The van der Waals surface area contributed by atoms with E-state index in [0.717, 1.165) is 16.7 Å². The van der Waals surface area contributed by atoms with Gasteiger partial charge in [-0.15, -0.1) is 0 Å². The second kappa shape index (κ2) is 3.84. The summed E-state index contributed by atoms with van der Waals surface area (Å²) >= 11 is 0. The van der Waals surface area contributed by atoms with Gasteiger partial charge in [-0.2, -0.15) is 4.98 Å². The number of aromatic nitrogens is 2. The number of nitrogen functional groups attached to an aromatic ring is 1. The fourth-order valence-corrected chi connectivity index (χ4v) is 1.99. The van der Waals surface area contributed by atoms with Crippen molar-refractivity contribution in [3.05, 3.63) is 41.6 Å². The van der Waals surface area contributed by atoms with Crippen LogP contribution >= 0.6 is 0 Å². The van der Waals surface area contributed by atoms with Gasteiger partial charge in [-0.3, -0.25) is 0 Å². The van der Waals surface area contributed by atoms with Crippen LogP contribution in [0.1, 0.15) is 11.1 Å². The fraction of sp³-hybridized carbons (Fsp3) is 0.143. The number of rotatable bonds is 1. The molecule has 0 radical (unpaired) electrons. The number of hydrogen-bond acceptors (Lipinski definition) is 4. The largest absolute Gasteiger partial charge is 0.434 e. The lowest BCUT2D eigenvalue weighted by Gasteiger charge is -2.06. The molecule has 0 saturated carbocycles. The number of hydrogen-bond donors (Lipinski definition) is 1. The molecule has 0 amide bonds. The Hall–Kier alpha value is -2.36. The first-order chi connectivity index (χ1) is 8.65. The van der Waals surface area contributed by atoms with Gasteiger partial charge in [-0.05, 0) is 49.2 Å². The number of anilines is 1. The van der Waals surface area contributed by atoms with E-state index in [-0.39, 0.29) is 0 Å². The van der Waals surface area contributed by atoms with E-state index < -0.39 is 0 Å². The molecule has 0 unspecified atom stereocenters. The maximum Gasteiger partial charge on any atom is 0.229 e. The SMILES string of the molecule is Cc1cc(N)cc(-c2nc3ncccc3o2)c1C. The lowest BCUT2D eigenvalue weighted by Crippen LogP contribution is -1.92. The number of nitrogens with zero attached hydrogens (tertiary/aromatic N) is 2. The molecule has 0 fully saturated rings. The Bertz CT molecular complexity index is 698. The highest BCUT2D eigenvalue weighted by molar-refractivity contribution is 5.74. The molecule has 4 nitrogen and oxygen atoms in total. The number of benzene rings is 1. The van der Waals surface area contributed by atoms with Crippen molar-refractivity contribution < 1.29 is 4.42 Å². The lowest BCUT2D eigenvalue weighted by atomic mass is 10.0. The van der Waals surface area contributed by atoms with Crippen LogP contribution in [-0.2, 0) is 0 Å². The van der Waals surface area contributed by atoms with Crippen LogP contribution in [0.2, 0.25) is 0 Å². The minimum Gasteiger partial charge on any atom is -0.434 e. The zero-order valence-corrected chi connectivity index (χ0v) is 10.3. The van der Waals surface area contributed by atoms with Crippen LogP contribution in [0, 0.1) is 13.8 Å². The molecule has 2 N–H and O–H groups in total. The first kappa shape index (κ1) is 10.8. The zero-order valence-electron chi connectivity index (χ0n) is 10.3. The third kappa shape index (κ3) is 1.62. The maximum atomic E-state index is 5.87. The van der Waals surface area contributed by atoms with Crippen LogP contribution in [0.25, 0.3) is 22.7 Å². The quantitative estimate of drug-likeness (QED) is 0.663. The minimum absolute atomic E-state index is 0.566. The molecule has 3 rings (SSSR count). The molecule has 0 saturated heterocycles.